The van der Waals surface area contributed by atoms with Crippen LogP contribution in [0.25, 0.3) is 0 Å². The first-order chi connectivity index (χ1) is 8.18. The number of rotatable bonds is 3. The van der Waals surface area contributed by atoms with Crippen LogP contribution in [0.3, 0.4) is 0 Å². The third-order valence-corrected chi connectivity index (χ3v) is 5.58. The number of carboxylic acid groups (broad SMARTS) is 1. The molecule has 0 radical (unpaired) electrons. The highest BCUT2D eigenvalue weighted by molar-refractivity contribution is 8.00. The highest BCUT2D eigenvalue weighted by Gasteiger charge is 2.34. The van der Waals surface area contributed by atoms with Crippen LogP contribution in [0.1, 0.15) is 19.3 Å². The van der Waals surface area contributed by atoms with Gasteiger partial charge in [-0.15, -0.1) is 11.8 Å². The van der Waals surface area contributed by atoms with Crippen molar-refractivity contribution in [1.82, 2.24) is 4.90 Å². The third kappa shape index (κ3) is 3.31. The summed E-state index contributed by atoms with van der Waals surface area (Å²) in [5.41, 5.74) is 0. The number of amides is 1. The zero-order valence-electron chi connectivity index (χ0n) is 9.63. The Morgan fingerprint density at radius 3 is 2.82 bits per heavy atom. The molecule has 2 aliphatic rings. The Hall–Kier alpha value is -0.360. The third-order valence-electron chi connectivity index (χ3n) is 3.13. The number of carbonyl (C=O) groups is 2. The van der Waals surface area contributed by atoms with Crippen molar-refractivity contribution < 1.29 is 14.7 Å². The second kappa shape index (κ2) is 6.00. The van der Waals surface area contributed by atoms with Crippen molar-refractivity contribution in [2.75, 3.05) is 23.8 Å². The Morgan fingerprint density at radius 1 is 1.35 bits per heavy atom. The molecule has 2 heterocycles. The Morgan fingerprint density at radius 2 is 2.18 bits per heavy atom. The number of nitrogens with zero attached hydrogens (tertiary/aromatic N) is 1. The fourth-order valence-electron chi connectivity index (χ4n) is 2.27. The molecular weight excluding hydrogens is 258 g/mol. The Kier molecular flexibility index (Phi) is 4.62. The average molecular weight is 275 g/mol. The van der Waals surface area contributed by atoms with Gasteiger partial charge >= 0.3 is 5.97 Å². The highest BCUT2D eigenvalue weighted by Crippen LogP contribution is 2.30. The molecule has 6 heteroatoms. The topological polar surface area (TPSA) is 57.6 Å². The minimum absolute atomic E-state index is 0.0781. The lowest BCUT2D eigenvalue weighted by Gasteiger charge is -2.36. The lowest BCUT2D eigenvalue weighted by atomic mass is 10.1. The molecule has 0 spiro atoms. The predicted molar refractivity (Wildman–Crippen MR) is 70.6 cm³/mol. The maximum atomic E-state index is 12.3. The molecule has 2 aliphatic heterocycles. The van der Waals surface area contributed by atoms with Crippen molar-refractivity contribution in [3.8, 4) is 0 Å². The summed E-state index contributed by atoms with van der Waals surface area (Å²) in [5.74, 6) is 2.10. The Bertz CT molecular complexity index is 305. The zero-order valence-corrected chi connectivity index (χ0v) is 11.3. The maximum absolute atomic E-state index is 12.3. The largest absolute Gasteiger partial charge is 0.481 e. The molecule has 0 bridgehead atoms. The number of carbonyl (C=O) groups excluding carboxylic acids is 1. The van der Waals surface area contributed by atoms with Crippen molar-refractivity contribution in [1.29, 1.82) is 0 Å². The smallest absolute Gasteiger partial charge is 0.305 e. The fourth-order valence-corrected chi connectivity index (χ4v) is 4.56. The molecule has 0 aromatic rings. The van der Waals surface area contributed by atoms with Gasteiger partial charge in [-0.3, -0.25) is 9.59 Å². The van der Waals surface area contributed by atoms with E-state index in [1.807, 2.05) is 4.90 Å². The highest BCUT2D eigenvalue weighted by atomic mass is 32.2. The van der Waals surface area contributed by atoms with Crippen molar-refractivity contribution in [2.24, 2.45) is 0 Å². The van der Waals surface area contributed by atoms with Crippen LogP contribution in [0.4, 0.5) is 0 Å². The van der Waals surface area contributed by atoms with Gasteiger partial charge in [0.1, 0.15) is 0 Å². The molecule has 0 saturated carbocycles. The summed E-state index contributed by atoms with van der Waals surface area (Å²) in [4.78, 5) is 24.9. The quantitative estimate of drug-likeness (QED) is 0.841. The molecule has 17 heavy (non-hydrogen) atoms. The first-order valence-electron chi connectivity index (χ1n) is 5.90. The Balaban J connectivity index is 1.99. The molecule has 0 aromatic heterocycles. The van der Waals surface area contributed by atoms with Crippen molar-refractivity contribution in [3.63, 3.8) is 0 Å². The van der Waals surface area contributed by atoms with E-state index in [2.05, 4.69) is 0 Å². The van der Waals surface area contributed by atoms with E-state index in [1.165, 1.54) is 0 Å². The summed E-state index contributed by atoms with van der Waals surface area (Å²) < 4.78 is 0. The van der Waals surface area contributed by atoms with Gasteiger partial charge in [0.15, 0.2) is 0 Å². The van der Waals surface area contributed by atoms with Gasteiger partial charge in [0.25, 0.3) is 0 Å². The lowest BCUT2D eigenvalue weighted by molar-refractivity contribution is -0.140. The molecule has 2 rings (SSSR count). The van der Waals surface area contributed by atoms with Crippen LogP contribution < -0.4 is 0 Å². The van der Waals surface area contributed by atoms with Crippen molar-refractivity contribution >= 4 is 35.4 Å². The van der Waals surface area contributed by atoms with E-state index in [4.69, 9.17) is 5.11 Å². The number of carboxylic acids is 1. The summed E-state index contributed by atoms with van der Waals surface area (Å²) in [5, 5.41) is 8.96. The van der Waals surface area contributed by atoms with Crippen LogP contribution in [0.15, 0.2) is 0 Å². The second-order valence-corrected chi connectivity index (χ2v) is 6.82. The van der Waals surface area contributed by atoms with Crippen LogP contribution in [0.2, 0.25) is 0 Å². The van der Waals surface area contributed by atoms with Crippen LogP contribution in [0.5, 0.6) is 0 Å². The molecule has 2 atom stereocenters. The van der Waals surface area contributed by atoms with E-state index in [-0.39, 0.29) is 23.6 Å². The zero-order chi connectivity index (χ0) is 12.3. The summed E-state index contributed by atoms with van der Waals surface area (Å²) >= 11 is 3.46. The van der Waals surface area contributed by atoms with Crippen LogP contribution in [-0.4, -0.2) is 57.0 Å². The monoisotopic (exact) mass is 275 g/mol. The maximum Gasteiger partial charge on any atom is 0.305 e. The standard InChI is InChI=1S/C11H17NO3S2/c13-10(14)6-8-7-16-5-3-12(8)11(15)9-2-1-4-17-9/h8-9H,1-7H2,(H,13,14). The molecule has 2 fully saturated rings. The second-order valence-electron chi connectivity index (χ2n) is 4.36. The molecule has 1 amide bonds. The number of thioether (sulfide) groups is 2. The molecule has 2 saturated heterocycles. The van der Waals surface area contributed by atoms with Crippen molar-refractivity contribution in [2.45, 2.75) is 30.6 Å². The molecule has 2 unspecified atom stereocenters. The van der Waals surface area contributed by atoms with Gasteiger partial charge in [0, 0.05) is 18.1 Å². The number of aliphatic carboxylic acids is 1. The first-order valence-corrected chi connectivity index (χ1v) is 8.10. The number of hydrogen-bond acceptors (Lipinski definition) is 4. The van der Waals surface area contributed by atoms with Gasteiger partial charge in [-0.25, -0.2) is 0 Å². The van der Waals surface area contributed by atoms with E-state index < -0.39 is 5.97 Å². The van der Waals surface area contributed by atoms with Gasteiger partial charge in [-0.05, 0) is 18.6 Å². The van der Waals surface area contributed by atoms with E-state index in [0.29, 0.717) is 6.54 Å². The lowest BCUT2D eigenvalue weighted by Crippen LogP contribution is -2.49. The average Bonchev–Trinajstić information content (AvgIpc) is 2.81. The molecule has 4 nitrogen and oxygen atoms in total. The minimum Gasteiger partial charge on any atom is -0.481 e. The van der Waals surface area contributed by atoms with Crippen LogP contribution >= 0.6 is 23.5 Å². The molecule has 96 valence electrons. The molecule has 0 aromatic carbocycles. The summed E-state index contributed by atoms with van der Waals surface area (Å²) in [6.45, 7) is 0.707. The van der Waals surface area contributed by atoms with Gasteiger partial charge in [-0.2, -0.15) is 11.8 Å². The van der Waals surface area contributed by atoms with Gasteiger partial charge in [0.2, 0.25) is 5.91 Å². The SMILES string of the molecule is O=C(O)CC1CSCCN1C(=O)C1CCCS1. The van der Waals surface area contributed by atoms with E-state index in [1.54, 1.807) is 23.5 Å². The molecule has 0 aliphatic carbocycles. The molecule has 1 N–H and O–H groups in total. The van der Waals surface area contributed by atoms with Gasteiger partial charge in [0.05, 0.1) is 17.7 Å². The van der Waals surface area contributed by atoms with E-state index in [9.17, 15) is 9.59 Å². The van der Waals surface area contributed by atoms with E-state index in [0.717, 1.165) is 30.1 Å². The van der Waals surface area contributed by atoms with Crippen LogP contribution in [-0.2, 0) is 9.59 Å². The van der Waals surface area contributed by atoms with E-state index >= 15 is 0 Å². The van der Waals surface area contributed by atoms with Gasteiger partial charge in [-0.1, -0.05) is 0 Å². The van der Waals surface area contributed by atoms with Crippen LogP contribution in [0, 0.1) is 0 Å². The summed E-state index contributed by atoms with van der Waals surface area (Å²) in [6, 6.07) is -0.111. The fraction of sp³-hybridized carbons (Fsp3) is 0.818. The minimum atomic E-state index is -0.811. The normalized spacial score (nSPS) is 29.3. The first kappa shape index (κ1) is 13.1. The Labute approximate surface area is 110 Å². The summed E-state index contributed by atoms with van der Waals surface area (Å²) in [7, 11) is 0. The van der Waals surface area contributed by atoms with Gasteiger partial charge < -0.3 is 10.0 Å². The predicted octanol–water partition coefficient (Wildman–Crippen LogP) is 1.30. The van der Waals surface area contributed by atoms with Crippen molar-refractivity contribution in [3.05, 3.63) is 0 Å². The molecular formula is C11H17NO3S2. The summed E-state index contributed by atoms with van der Waals surface area (Å²) in [6.07, 6.45) is 2.14. The number of hydrogen-bond donors (Lipinski definition) is 1.